The second kappa shape index (κ2) is 6.57. The third-order valence-corrected chi connectivity index (χ3v) is 3.39. The first-order valence-corrected chi connectivity index (χ1v) is 7.11. The molecule has 0 amide bonds. The quantitative estimate of drug-likeness (QED) is 0.879. The van der Waals surface area contributed by atoms with Gasteiger partial charge in [-0.05, 0) is 32.5 Å². The molecule has 1 aromatic carbocycles. The maximum atomic E-state index is 5.50. The van der Waals surface area contributed by atoms with Gasteiger partial charge < -0.3 is 10.1 Å². The molecule has 20 heavy (non-hydrogen) atoms. The van der Waals surface area contributed by atoms with E-state index in [-0.39, 0.29) is 6.04 Å². The van der Waals surface area contributed by atoms with Crippen molar-refractivity contribution in [3.05, 3.63) is 47.3 Å². The molecule has 0 aliphatic heterocycles. The minimum absolute atomic E-state index is 0.0947. The molecule has 4 heteroatoms. The van der Waals surface area contributed by atoms with Crippen LogP contribution in [-0.2, 0) is 6.54 Å². The zero-order valence-electron chi connectivity index (χ0n) is 12.7. The van der Waals surface area contributed by atoms with Gasteiger partial charge in [-0.3, -0.25) is 4.68 Å². The highest BCUT2D eigenvalue weighted by Gasteiger charge is 2.21. The van der Waals surface area contributed by atoms with E-state index in [0.29, 0.717) is 0 Å². The van der Waals surface area contributed by atoms with E-state index in [9.17, 15) is 0 Å². The number of aromatic nitrogens is 2. The molecule has 1 N–H and O–H groups in total. The predicted molar refractivity (Wildman–Crippen MR) is 81.2 cm³/mol. The Morgan fingerprint density at radius 2 is 2.05 bits per heavy atom. The van der Waals surface area contributed by atoms with Gasteiger partial charge in [0, 0.05) is 12.1 Å². The summed E-state index contributed by atoms with van der Waals surface area (Å²) in [6.45, 7) is 8.00. The molecule has 1 heterocycles. The SMILES string of the molecule is CCNC(c1ccccc1OC)c1cc(C)nn1CC. The van der Waals surface area contributed by atoms with Gasteiger partial charge in [-0.25, -0.2) is 0 Å². The first-order chi connectivity index (χ1) is 9.71. The smallest absolute Gasteiger partial charge is 0.124 e. The molecular weight excluding hydrogens is 250 g/mol. The Kier molecular flexibility index (Phi) is 4.79. The lowest BCUT2D eigenvalue weighted by Gasteiger charge is -2.21. The van der Waals surface area contributed by atoms with Crippen molar-refractivity contribution >= 4 is 0 Å². The van der Waals surface area contributed by atoms with E-state index >= 15 is 0 Å². The molecule has 0 aliphatic carbocycles. The third-order valence-electron chi connectivity index (χ3n) is 3.39. The maximum Gasteiger partial charge on any atom is 0.124 e. The summed E-state index contributed by atoms with van der Waals surface area (Å²) >= 11 is 0. The Morgan fingerprint density at radius 1 is 1.30 bits per heavy atom. The monoisotopic (exact) mass is 273 g/mol. The number of methoxy groups -OCH3 is 1. The van der Waals surface area contributed by atoms with Gasteiger partial charge in [-0.15, -0.1) is 0 Å². The van der Waals surface area contributed by atoms with Crippen molar-refractivity contribution in [1.82, 2.24) is 15.1 Å². The molecule has 108 valence electrons. The number of aryl methyl sites for hydroxylation is 2. The van der Waals surface area contributed by atoms with Crippen LogP contribution in [0.2, 0.25) is 0 Å². The predicted octanol–water partition coefficient (Wildman–Crippen LogP) is 2.92. The van der Waals surface area contributed by atoms with Crippen LogP contribution in [0.25, 0.3) is 0 Å². The molecule has 0 radical (unpaired) electrons. The number of hydrogen-bond donors (Lipinski definition) is 1. The van der Waals surface area contributed by atoms with Crippen LogP contribution < -0.4 is 10.1 Å². The summed E-state index contributed by atoms with van der Waals surface area (Å²) in [4.78, 5) is 0. The van der Waals surface area contributed by atoms with Crippen molar-refractivity contribution in [2.45, 2.75) is 33.4 Å². The molecule has 4 nitrogen and oxygen atoms in total. The fraction of sp³-hybridized carbons (Fsp3) is 0.438. The van der Waals surface area contributed by atoms with Crippen LogP contribution in [0.15, 0.2) is 30.3 Å². The summed E-state index contributed by atoms with van der Waals surface area (Å²) in [5.41, 5.74) is 3.36. The van der Waals surface area contributed by atoms with Gasteiger partial charge in [0.25, 0.3) is 0 Å². The number of nitrogens with zero attached hydrogens (tertiary/aromatic N) is 2. The van der Waals surface area contributed by atoms with E-state index in [1.54, 1.807) is 7.11 Å². The van der Waals surface area contributed by atoms with Gasteiger partial charge in [0.05, 0.1) is 24.5 Å². The van der Waals surface area contributed by atoms with Crippen LogP contribution in [-0.4, -0.2) is 23.4 Å². The molecule has 1 atom stereocenters. The molecule has 1 unspecified atom stereocenters. The molecule has 2 aromatic rings. The van der Waals surface area contributed by atoms with Gasteiger partial charge in [0.1, 0.15) is 5.75 Å². The summed E-state index contributed by atoms with van der Waals surface area (Å²) in [5, 5.41) is 8.09. The summed E-state index contributed by atoms with van der Waals surface area (Å²) in [6, 6.07) is 10.4. The summed E-state index contributed by atoms with van der Waals surface area (Å²) in [7, 11) is 1.71. The highest BCUT2D eigenvalue weighted by Crippen LogP contribution is 2.30. The van der Waals surface area contributed by atoms with Gasteiger partial charge in [-0.2, -0.15) is 5.10 Å². The average Bonchev–Trinajstić information content (AvgIpc) is 2.85. The summed E-state index contributed by atoms with van der Waals surface area (Å²) in [6.07, 6.45) is 0. The molecule has 0 aliphatic rings. The van der Waals surface area contributed by atoms with Crippen molar-refractivity contribution < 1.29 is 4.74 Å². The largest absolute Gasteiger partial charge is 0.496 e. The third kappa shape index (κ3) is 2.85. The number of hydrogen-bond acceptors (Lipinski definition) is 3. The van der Waals surface area contributed by atoms with Gasteiger partial charge in [-0.1, -0.05) is 25.1 Å². The van der Waals surface area contributed by atoms with Crippen molar-refractivity contribution in [3.8, 4) is 5.75 Å². The van der Waals surface area contributed by atoms with E-state index in [1.165, 1.54) is 5.69 Å². The van der Waals surface area contributed by atoms with Gasteiger partial charge in [0.15, 0.2) is 0 Å². The maximum absolute atomic E-state index is 5.50. The van der Waals surface area contributed by atoms with E-state index in [0.717, 1.165) is 30.1 Å². The number of ether oxygens (including phenoxy) is 1. The molecular formula is C16H23N3O. The fourth-order valence-corrected chi connectivity index (χ4v) is 2.53. The van der Waals surface area contributed by atoms with Crippen LogP contribution in [0.5, 0.6) is 5.75 Å². The van der Waals surface area contributed by atoms with Crippen LogP contribution in [0, 0.1) is 6.92 Å². The van der Waals surface area contributed by atoms with Crippen LogP contribution in [0.3, 0.4) is 0 Å². The molecule has 0 bridgehead atoms. The minimum Gasteiger partial charge on any atom is -0.496 e. The van der Waals surface area contributed by atoms with Gasteiger partial charge in [0.2, 0.25) is 0 Å². The Morgan fingerprint density at radius 3 is 2.70 bits per heavy atom. The van der Waals surface area contributed by atoms with Crippen molar-refractivity contribution in [2.75, 3.05) is 13.7 Å². The first kappa shape index (κ1) is 14.6. The van der Waals surface area contributed by atoms with Crippen molar-refractivity contribution in [3.63, 3.8) is 0 Å². The highest BCUT2D eigenvalue weighted by atomic mass is 16.5. The number of rotatable bonds is 6. The van der Waals surface area contributed by atoms with Crippen molar-refractivity contribution in [1.29, 1.82) is 0 Å². The molecule has 0 spiro atoms. The molecule has 0 saturated heterocycles. The summed E-state index contributed by atoms with van der Waals surface area (Å²) in [5.74, 6) is 0.903. The van der Waals surface area contributed by atoms with Crippen LogP contribution in [0.1, 0.15) is 36.8 Å². The van der Waals surface area contributed by atoms with Crippen LogP contribution in [0.4, 0.5) is 0 Å². The van der Waals surface area contributed by atoms with E-state index < -0.39 is 0 Å². The highest BCUT2D eigenvalue weighted by molar-refractivity contribution is 5.40. The first-order valence-electron chi connectivity index (χ1n) is 7.11. The second-order valence-corrected chi connectivity index (χ2v) is 4.76. The Bertz CT molecular complexity index is 563. The zero-order valence-corrected chi connectivity index (χ0v) is 12.7. The molecule has 1 aromatic heterocycles. The Balaban J connectivity index is 2.50. The van der Waals surface area contributed by atoms with E-state index in [2.05, 4.69) is 41.1 Å². The number of para-hydroxylation sites is 1. The minimum atomic E-state index is 0.0947. The normalized spacial score (nSPS) is 12.4. The molecule has 0 saturated carbocycles. The van der Waals surface area contributed by atoms with E-state index in [1.807, 2.05) is 25.1 Å². The van der Waals surface area contributed by atoms with E-state index in [4.69, 9.17) is 4.74 Å². The topological polar surface area (TPSA) is 39.1 Å². The Labute approximate surface area is 120 Å². The lowest BCUT2D eigenvalue weighted by molar-refractivity contribution is 0.402. The lowest BCUT2D eigenvalue weighted by atomic mass is 10.0. The number of nitrogens with one attached hydrogen (secondary N) is 1. The fourth-order valence-electron chi connectivity index (χ4n) is 2.53. The van der Waals surface area contributed by atoms with Crippen LogP contribution >= 0.6 is 0 Å². The standard InChI is InChI=1S/C16H23N3O/c1-5-17-16(13-9-7-8-10-15(13)20-4)14-11-12(3)18-19(14)6-2/h7-11,16-17H,5-6H2,1-4H3. The Hall–Kier alpha value is -1.81. The second-order valence-electron chi connectivity index (χ2n) is 4.76. The zero-order chi connectivity index (χ0) is 14.5. The lowest BCUT2D eigenvalue weighted by Crippen LogP contribution is -2.25. The molecule has 0 fully saturated rings. The average molecular weight is 273 g/mol. The molecule has 2 rings (SSSR count). The number of benzene rings is 1. The van der Waals surface area contributed by atoms with Gasteiger partial charge >= 0.3 is 0 Å². The van der Waals surface area contributed by atoms with Crippen molar-refractivity contribution in [2.24, 2.45) is 0 Å². The summed E-state index contributed by atoms with van der Waals surface area (Å²) < 4.78 is 7.56.